The number of furan rings is 1. The molecule has 140 valence electrons. The Morgan fingerprint density at radius 1 is 1.33 bits per heavy atom. The molecule has 8 heteroatoms. The summed E-state index contributed by atoms with van der Waals surface area (Å²) in [6.45, 7) is 5.19. The molecule has 0 radical (unpaired) electrons. The van der Waals surface area contributed by atoms with E-state index in [2.05, 4.69) is 20.2 Å². The van der Waals surface area contributed by atoms with Gasteiger partial charge in [-0.2, -0.15) is 5.10 Å². The molecule has 4 heterocycles. The van der Waals surface area contributed by atoms with E-state index >= 15 is 0 Å². The van der Waals surface area contributed by atoms with Crippen molar-refractivity contribution in [2.24, 2.45) is 13.0 Å². The van der Waals surface area contributed by atoms with Gasteiger partial charge >= 0.3 is 0 Å². The second-order valence-electron chi connectivity index (χ2n) is 6.98. The van der Waals surface area contributed by atoms with E-state index in [0.717, 1.165) is 42.2 Å². The largest absolute Gasteiger partial charge is 0.466 e. The Morgan fingerprint density at radius 2 is 2.19 bits per heavy atom. The number of aromatic nitrogens is 5. The molecular weight excluding hydrogens is 344 g/mol. The van der Waals surface area contributed by atoms with Gasteiger partial charge in [0.2, 0.25) is 11.7 Å². The molecule has 1 saturated heterocycles. The highest BCUT2D eigenvalue weighted by molar-refractivity contribution is 5.95. The van der Waals surface area contributed by atoms with E-state index in [-0.39, 0.29) is 11.7 Å². The minimum absolute atomic E-state index is 0.0672. The van der Waals surface area contributed by atoms with Crippen molar-refractivity contribution >= 4 is 11.7 Å². The molecule has 1 unspecified atom stereocenters. The minimum atomic E-state index is -0.120. The zero-order chi connectivity index (χ0) is 19.0. The topological polar surface area (TPSA) is 89.9 Å². The van der Waals surface area contributed by atoms with Crippen LogP contribution >= 0.6 is 0 Å². The number of hydrogen-bond donors (Lipinski definition) is 0. The lowest BCUT2D eigenvalue weighted by Gasteiger charge is -2.31. The lowest BCUT2D eigenvalue weighted by atomic mass is 9.93. The number of nitrogens with zero attached hydrogens (tertiary/aromatic N) is 6. The van der Waals surface area contributed by atoms with Crippen LogP contribution in [0.3, 0.4) is 0 Å². The first-order chi connectivity index (χ1) is 13.0. The van der Waals surface area contributed by atoms with Crippen molar-refractivity contribution < 1.29 is 9.21 Å². The summed E-state index contributed by atoms with van der Waals surface area (Å²) in [5.41, 5.74) is 1.65. The van der Waals surface area contributed by atoms with Crippen molar-refractivity contribution in [3.63, 3.8) is 0 Å². The second-order valence-corrected chi connectivity index (χ2v) is 6.98. The highest BCUT2D eigenvalue weighted by Crippen LogP contribution is 2.27. The average Bonchev–Trinajstić information content (AvgIpc) is 3.26. The quantitative estimate of drug-likeness (QED) is 0.656. The maximum Gasteiger partial charge on any atom is 0.245 e. The van der Waals surface area contributed by atoms with Gasteiger partial charge in [-0.25, -0.2) is 9.97 Å². The van der Waals surface area contributed by atoms with Gasteiger partial charge in [0.1, 0.15) is 11.5 Å². The number of hydrogen-bond acceptors (Lipinski definition) is 7. The van der Waals surface area contributed by atoms with Gasteiger partial charge in [0.15, 0.2) is 5.82 Å². The van der Waals surface area contributed by atoms with Gasteiger partial charge in [-0.15, -0.1) is 5.10 Å². The number of Topliss-reactive ketones (excluding diaryl/α,β-unsaturated/α-hetero) is 1. The molecule has 1 atom stereocenters. The van der Waals surface area contributed by atoms with Crippen LogP contribution in [0, 0.1) is 19.8 Å². The van der Waals surface area contributed by atoms with Gasteiger partial charge < -0.3 is 13.9 Å². The maximum atomic E-state index is 12.8. The molecule has 0 bridgehead atoms. The molecule has 0 saturated carbocycles. The number of ketones is 1. The highest BCUT2D eigenvalue weighted by Gasteiger charge is 2.30. The molecule has 4 rings (SSSR count). The molecule has 0 spiro atoms. The van der Waals surface area contributed by atoms with E-state index in [1.54, 1.807) is 23.2 Å². The Balaban J connectivity index is 1.57. The normalized spacial score (nSPS) is 17.3. The van der Waals surface area contributed by atoms with Crippen LogP contribution in [0.4, 0.5) is 5.95 Å². The molecule has 0 amide bonds. The molecule has 0 N–H and O–H groups in total. The molecule has 27 heavy (non-hydrogen) atoms. The average molecular weight is 366 g/mol. The van der Waals surface area contributed by atoms with Crippen LogP contribution in [0.15, 0.2) is 29.1 Å². The molecule has 0 aromatic carbocycles. The Kier molecular flexibility index (Phi) is 4.47. The summed E-state index contributed by atoms with van der Waals surface area (Å²) in [6.07, 6.45) is 6.83. The molecule has 8 nitrogen and oxygen atoms in total. The zero-order valence-electron chi connectivity index (χ0n) is 15.7. The summed E-state index contributed by atoms with van der Waals surface area (Å²) in [6, 6.07) is 1.95. The summed E-state index contributed by atoms with van der Waals surface area (Å²) in [4.78, 5) is 23.7. The van der Waals surface area contributed by atoms with E-state index in [9.17, 15) is 4.79 Å². The van der Waals surface area contributed by atoms with Crippen molar-refractivity contribution in [3.05, 3.63) is 42.0 Å². The molecule has 1 aliphatic heterocycles. The minimum Gasteiger partial charge on any atom is -0.466 e. The number of anilines is 1. The van der Waals surface area contributed by atoms with Gasteiger partial charge in [0.05, 0.1) is 11.9 Å². The van der Waals surface area contributed by atoms with Crippen molar-refractivity contribution in [1.82, 2.24) is 24.7 Å². The van der Waals surface area contributed by atoms with E-state index in [4.69, 9.17) is 4.42 Å². The number of aryl methyl sites for hydroxylation is 3. The Bertz CT molecular complexity index is 976. The van der Waals surface area contributed by atoms with E-state index in [0.29, 0.717) is 18.3 Å². The predicted octanol–water partition coefficient (Wildman–Crippen LogP) is 2.58. The smallest absolute Gasteiger partial charge is 0.245 e. The van der Waals surface area contributed by atoms with Crippen molar-refractivity contribution in [2.45, 2.75) is 26.7 Å². The third-order valence-corrected chi connectivity index (χ3v) is 4.98. The third kappa shape index (κ3) is 3.34. The molecule has 0 aliphatic carbocycles. The van der Waals surface area contributed by atoms with Crippen molar-refractivity contribution in [1.29, 1.82) is 0 Å². The Hall–Kier alpha value is -3.03. The van der Waals surface area contributed by atoms with Crippen molar-refractivity contribution in [2.75, 3.05) is 18.0 Å². The van der Waals surface area contributed by atoms with Crippen LogP contribution in [-0.2, 0) is 7.05 Å². The number of imidazole rings is 1. The number of carbonyl (C=O) groups is 1. The summed E-state index contributed by atoms with van der Waals surface area (Å²) in [5.74, 6) is 2.63. The lowest BCUT2D eigenvalue weighted by molar-refractivity contribution is 0.0893. The second kappa shape index (κ2) is 6.94. The Labute approximate surface area is 157 Å². The first-order valence-corrected chi connectivity index (χ1v) is 9.06. The zero-order valence-corrected chi connectivity index (χ0v) is 15.7. The molecule has 1 fully saturated rings. The number of rotatable bonds is 4. The van der Waals surface area contributed by atoms with Gasteiger partial charge in [-0.1, -0.05) is 0 Å². The van der Waals surface area contributed by atoms with Gasteiger partial charge in [-0.3, -0.25) is 4.79 Å². The fourth-order valence-electron chi connectivity index (χ4n) is 3.60. The van der Waals surface area contributed by atoms with Crippen LogP contribution < -0.4 is 4.90 Å². The van der Waals surface area contributed by atoms with Gasteiger partial charge in [0.25, 0.3) is 0 Å². The summed E-state index contributed by atoms with van der Waals surface area (Å²) in [5, 5.41) is 8.32. The number of carbonyl (C=O) groups excluding carboxylic acids is 1. The molecule has 1 aliphatic rings. The fourth-order valence-corrected chi connectivity index (χ4v) is 3.60. The standard InChI is InChI=1S/C19H22N6O2/c1-12-9-15(13(2)27-12)16-10-21-23-19(22-16)25-7-4-5-14(11-25)17(26)18-20-6-8-24(18)3/h6,8-10,14H,4-5,7,11H2,1-3H3. The maximum absolute atomic E-state index is 12.8. The first-order valence-electron chi connectivity index (χ1n) is 9.06. The van der Waals surface area contributed by atoms with E-state index in [1.807, 2.05) is 31.9 Å². The molecule has 3 aromatic rings. The summed E-state index contributed by atoms with van der Waals surface area (Å²) in [7, 11) is 1.84. The van der Waals surface area contributed by atoms with Gasteiger partial charge in [-0.05, 0) is 32.8 Å². The summed E-state index contributed by atoms with van der Waals surface area (Å²) >= 11 is 0. The number of piperidine rings is 1. The SMILES string of the molecule is Cc1cc(-c2cnnc(N3CCCC(C(=O)c4nccn4C)C3)n2)c(C)o1. The fraction of sp³-hybridized carbons (Fsp3) is 0.421. The third-order valence-electron chi connectivity index (χ3n) is 4.98. The van der Waals surface area contributed by atoms with Crippen LogP contribution in [-0.4, -0.2) is 43.6 Å². The highest BCUT2D eigenvalue weighted by atomic mass is 16.3. The van der Waals surface area contributed by atoms with Crippen molar-refractivity contribution in [3.8, 4) is 11.3 Å². The van der Waals surface area contributed by atoms with Crippen LogP contribution in [0.1, 0.15) is 35.0 Å². The van der Waals surface area contributed by atoms with E-state index < -0.39 is 0 Å². The van der Waals surface area contributed by atoms with Crippen LogP contribution in [0.5, 0.6) is 0 Å². The van der Waals surface area contributed by atoms with Crippen LogP contribution in [0.2, 0.25) is 0 Å². The molecular formula is C19H22N6O2. The Morgan fingerprint density at radius 3 is 2.89 bits per heavy atom. The van der Waals surface area contributed by atoms with Gasteiger partial charge in [0, 0.05) is 44.0 Å². The monoisotopic (exact) mass is 366 g/mol. The summed E-state index contributed by atoms with van der Waals surface area (Å²) < 4.78 is 7.37. The van der Waals surface area contributed by atoms with E-state index in [1.165, 1.54) is 0 Å². The van der Waals surface area contributed by atoms with Crippen LogP contribution in [0.25, 0.3) is 11.3 Å². The predicted molar refractivity (Wildman–Crippen MR) is 99.5 cm³/mol. The lowest BCUT2D eigenvalue weighted by Crippen LogP contribution is -2.40. The first kappa shape index (κ1) is 17.4. The molecule has 3 aromatic heterocycles.